The zero-order chi connectivity index (χ0) is 12.4. The van der Waals surface area contributed by atoms with Crippen LogP contribution in [0.4, 0.5) is 5.82 Å². The molecule has 0 bridgehead atoms. The Morgan fingerprint density at radius 2 is 2.35 bits per heavy atom. The largest absolute Gasteiger partial charge is 0.481 e. The number of nitrogens with zero attached hydrogens (tertiary/aromatic N) is 3. The molecule has 6 nitrogen and oxygen atoms in total. The molecule has 1 fully saturated rings. The lowest BCUT2D eigenvalue weighted by molar-refractivity contribution is -0.138. The second-order valence-corrected chi connectivity index (χ2v) is 4.01. The van der Waals surface area contributed by atoms with E-state index in [0.717, 1.165) is 6.42 Å². The van der Waals surface area contributed by atoms with Crippen LogP contribution in [0.25, 0.3) is 0 Å². The molecule has 0 aromatic carbocycles. The molecule has 1 aromatic heterocycles. The van der Waals surface area contributed by atoms with Crippen LogP contribution in [-0.2, 0) is 4.79 Å². The predicted molar refractivity (Wildman–Crippen MR) is 61.3 cm³/mol. The molecule has 1 aliphatic heterocycles. The lowest BCUT2D eigenvalue weighted by atomic mass is 10.2. The molecule has 2 heterocycles. The highest BCUT2D eigenvalue weighted by atomic mass is 16.5. The number of carboxylic acids is 1. The van der Waals surface area contributed by atoms with E-state index < -0.39 is 12.0 Å². The van der Waals surface area contributed by atoms with Crippen molar-refractivity contribution in [2.75, 3.05) is 18.6 Å². The van der Waals surface area contributed by atoms with Crippen LogP contribution in [0.5, 0.6) is 5.88 Å². The fourth-order valence-corrected chi connectivity index (χ4v) is 2.07. The van der Waals surface area contributed by atoms with Crippen LogP contribution in [0.2, 0.25) is 0 Å². The maximum Gasteiger partial charge on any atom is 0.326 e. The number of carbonyl (C=O) groups is 1. The molecule has 2 rings (SSSR count). The first kappa shape index (κ1) is 11.6. The molecule has 0 aliphatic carbocycles. The van der Waals surface area contributed by atoms with Gasteiger partial charge in [0, 0.05) is 12.6 Å². The molecule has 0 saturated carbocycles. The molecule has 1 unspecified atom stereocenters. The van der Waals surface area contributed by atoms with Gasteiger partial charge in [-0.2, -0.15) is 4.98 Å². The highest BCUT2D eigenvalue weighted by Gasteiger charge is 2.31. The van der Waals surface area contributed by atoms with Gasteiger partial charge in [-0.1, -0.05) is 0 Å². The molecule has 6 heteroatoms. The Bertz CT molecular complexity index is 436. The monoisotopic (exact) mass is 237 g/mol. The molecule has 0 spiro atoms. The average Bonchev–Trinajstić information content (AvgIpc) is 2.77. The van der Waals surface area contributed by atoms with Gasteiger partial charge >= 0.3 is 5.97 Å². The van der Waals surface area contributed by atoms with Gasteiger partial charge < -0.3 is 14.7 Å². The summed E-state index contributed by atoms with van der Waals surface area (Å²) in [5, 5.41) is 9.12. The number of hydrogen-bond donors (Lipinski definition) is 1. The third kappa shape index (κ3) is 2.30. The first-order chi connectivity index (χ1) is 8.11. The molecule has 0 amide bonds. The van der Waals surface area contributed by atoms with Gasteiger partial charge in [0.25, 0.3) is 0 Å². The fourth-order valence-electron chi connectivity index (χ4n) is 2.07. The van der Waals surface area contributed by atoms with E-state index in [1.165, 1.54) is 7.11 Å². The molecule has 1 saturated heterocycles. The molecule has 1 aliphatic rings. The van der Waals surface area contributed by atoms with Crippen LogP contribution in [0, 0.1) is 6.92 Å². The maximum absolute atomic E-state index is 11.1. The van der Waals surface area contributed by atoms with Gasteiger partial charge in [0.15, 0.2) is 0 Å². The zero-order valence-electron chi connectivity index (χ0n) is 9.88. The number of aromatic nitrogens is 2. The van der Waals surface area contributed by atoms with E-state index in [1.807, 2.05) is 0 Å². The van der Waals surface area contributed by atoms with Gasteiger partial charge in [-0.25, -0.2) is 9.78 Å². The van der Waals surface area contributed by atoms with E-state index in [9.17, 15) is 4.79 Å². The zero-order valence-corrected chi connectivity index (χ0v) is 9.88. The number of carboxylic acid groups (broad SMARTS) is 1. The van der Waals surface area contributed by atoms with Crippen molar-refractivity contribution in [1.82, 2.24) is 9.97 Å². The second-order valence-electron chi connectivity index (χ2n) is 4.01. The minimum atomic E-state index is -0.808. The standard InChI is InChI=1S/C11H15N3O3/c1-7-12-9(6-10(13-7)17-2)14-5-3-4-8(14)11(15)16/h6,8H,3-5H2,1-2H3,(H,15,16). The summed E-state index contributed by atoms with van der Waals surface area (Å²) in [5.41, 5.74) is 0. The minimum Gasteiger partial charge on any atom is -0.481 e. The predicted octanol–water partition coefficient (Wildman–Crippen LogP) is 0.847. The van der Waals surface area contributed by atoms with Gasteiger partial charge in [-0.3, -0.25) is 0 Å². The lowest BCUT2D eigenvalue weighted by Gasteiger charge is -2.22. The Labute approximate surface area is 99.2 Å². The first-order valence-electron chi connectivity index (χ1n) is 5.51. The van der Waals surface area contributed by atoms with E-state index in [-0.39, 0.29) is 0 Å². The second kappa shape index (κ2) is 4.57. The third-order valence-electron chi connectivity index (χ3n) is 2.84. The Kier molecular flexibility index (Phi) is 3.12. The molecule has 1 atom stereocenters. The Hall–Kier alpha value is -1.85. The molecule has 1 N–H and O–H groups in total. The van der Waals surface area contributed by atoms with Gasteiger partial charge in [-0.15, -0.1) is 0 Å². The van der Waals surface area contributed by atoms with Gasteiger partial charge in [0.05, 0.1) is 7.11 Å². The number of ether oxygens (including phenoxy) is 1. The quantitative estimate of drug-likeness (QED) is 0.839. The number of rotatable bonds is 3. The van der Waals surface area contributed by atoms with Gasteiger partial charge in [0.2, 0.25) is 5.88 Å². The van der Waals surface area contributed by atoms with Crippen molar-refractivity contribution in [2.45, 2.75) is 25.8 Å². The Morgan fingerprint density at radius 3 is 3.00 bits per heavy atom. The van der Waals surface area contributed by atoms with Crippen LogP contribution in [0.3, 0.4) is 0 Å². The van der Waals surface area contributed by atoms with Gasteiger partial charge in [0.1, 0.15) is 17.7 Å². The minimum absolute atomic E-state index is 0.462. The fraction of sp³-hybridized carbons (Fsp3) is 0.545. The highest BCUT2D eigenvalue weighted by molar-refractivity contribution is 5.78. The Balaban J connectivity index is 2.32. The van der Waals surface area contributed by atoms with Crippen molar-refractivity contribution in [3.05, 3.63) is 11.9 Å². The van der Waals surface area contributed by atoms with E-state index in [1.54, 1.807) is 17.9 Å². The summed E-state index contributed by atoms with van der Waals surface area (Å²) in [6.07, 6.45) is 1.52. The van der Waals surface area contributed by atoms with E-state index >= 15 is 0 Å². The Morgan fingerprint density at radius 1 is 1.59 bits per heavy atom. The van der Waals surface area contributed by atoms with Crippen LogP contribution < -0.4 is 9.64 Å². The van der Waals surface area contributed by atoms with Crippen LogP contribution in [0.15, 0.2) is 6.07 Å². The van der Waals surface area contributed by atoms with Crippen molar-refractivity contribution in [2.24, 2.45) is 0 Å². The molecular weight excluding hydrogens is 222 g/mol. The summed E-state index contributed by atoms with van der Waals surface area (Å²) in [4.78, 5) is 21.3. The van der Waals surface area contributed by atoms with Crippen molar-refractivity contribution in [3.63, 3.8) is 0 Å². The number of anilines is 1. The van der Waals surface area contributed by atoms with E-state index in [2.05, 4.69) is 9.97 Å². The summed E-state index contributed by atoms with van der Waals surface area (Å²) in [7, 11) is 1.53. The number of aliphatic carboxylic acids is 1. The highest BCUT2D eigenvalue weighted by Crippen LogP contribution is 2.26. The molecular formula is C11H15N3O3. The van der Waals surface area contributed by atoms with E-state index in [4.69, 9.17) is 9.84 Å². The summed E-state index contributed by atoms with van der Waals surface area (Å²) < 4.78 is 5.07. The van der Waals surface area contributed by atoms with E-state index in [0.29, 0.717) is 30.5 Å². The number of methoxy groups -OCH3 is 1. The molecule has 17 heavy (non-hydrogen) atoms. The smallest absolute Gasteiger partial charge is 0.326 e. The average molecular weight is 237 g/mol. The molecule has 1 aromatic rings. The normalized spacial score (nSPS) is 19.4. The molecule has 0 radical (unpaired) electrons. The summed E-state index contributed by atoms with van der Waals surface area (Å²) in [6, 6.07) is 1.18. The lowest BCUT2D eigenvalue weighted by Crippen LogP contribution is -2.36. The summed E-state index contributed by atoms with van der Waals surface area (Å²) in [6.45, 7) is 2.47. The van der Waals surface area contributed by atoms with Crippen LogP contribution in [0.1, 0.15) is 18.7 Å². The summed E-state index contributed by atoms with van der Waals surface area (Å²) in [5.74, 6) is 0.857. The third-order valence-corrected chi connectivity index (χ3v) is 2.84. The van der Waals surface area contributed by atoms with Crippen molar-refractivity contribution < 1.29 is 14.6 Å². The van der Waals surface area contributed by atoms with Crippen molar-refractivity contribution in [3.8, 4) is 5.88 Å². The number of aryl methyl sites for hydroxylation is 1. The van der Waals surface area contributed by atoms with Crippen molar-refractivity contribution in [1.29, 1.82) is 0 Å². The maximum atomic E-state index is 11.1. The number of hydrogen-bond acceptors (Lipinski definition) is 5. The SMILES string of the molecule is COc1cc(N2CCCC2C(=O)O)nc(C)n1. The van der Waals surface area contributed by atoms with Gasteiger partial charge in [-0.05, 0) is 19.8 Å². The summed E-state index contributed by atoms with van der Waals surface area (Å²) >= 11 is 0. The topological polar surface area (TPSA) is 75.5 Å². The molecule has 92 valence electrons. The van der Waals surface area contributed by atoms with Crippen LogP contribution in [-0.4, -0.2) is 40.7 Å². The van der Waals surface area contributed by atoms with Crippen molar-refractivity contribution >= 4 is 11.8 Å². The first-order valence-corrected chi connectivity index (χ1v) is 5.51. The van der Waals surface area contributed by atoms with Crippen LogP contribution >= 0.6 is 0 Å².